The lowest BCUT2D eigenvalue weighted by molar-refractivity contribution is 0.428. The third kappa shape index (κ3) is 2.60. The molecular weight excluding hydrogens is 228 g/mol. The van der Waals surface area contributed by atoms with Crippen LogP contribution in [0.2, 0.25) is 0 Å². The molecule has 1 aliphatic rings. The molecule has 0 unspecified atom stereocenters. The van der Waals surface area contributed by atoms with Gasteiger partial charge in [-0.15, -0.1) is 0 Å². The smallest absolute Gasteiger partial charge is 0.259 e. The van der Waals surface area contributed by atoms with E-state index in [1.54, 1.807) is 11.6 Å². The molecule has 0 aliphatic carbocycles. The monoisotopic (exact) mass is 244 g/mol. The number of piperidine rings is 1. The van der Waals surface area contributed by atoms with Gasteiger partial charge in [-0.3, -0.25) is 0 Å². The van der Waals surface area contributed by atoms with Gasteiger partial charge in [-0.25, -0.2) is 18.1 Å². The van der Waals surface area contributed by atoms with Crippen LogP contribution in [0, 0.1) is 0 Å². The molecule has 1 saturated heterocycles. The molecule has 1 atom stereocenters. The van der Waals surface area contributed by atoms with Crippen molar-refractivity contribution >= 4 is 10.0 Å². The van der Waals surface area contributed by atoms with E-state index < -0.39 is 10.0 Å². The Morgan fingerprint density at radius 1 is 1.62 bits per heavy atom. The van der Waals surface area contributed by atoms with Crippen LogP contribution in [0.5, 0.6) is 0 Å². The van der Waals surface area contributed by atoms with Gasteiger partial charge in [0.15, 0.2) is 5.03 Å². The highest BCUT2D eigenvalue weighted by Gasteiger charge is 2.23. The molecule has 2 N–H and O–H groups in total. The van der Waals surface area contributed by atoms with Crippen molar-refractivity contribution in [3.8, 4) is 0 Å². The molecule has 90 valence electrons. The highest BCUT2D eigenvalue weighted by atomic mass is 32.2. The molecule has 16 heavy (non-hydrogen) atoms. The van der Waals surface area contributed by atoms with Gasteiger partial charge in [0.1, 0.15) is 0 Å². The van der Waals surface area contributed by atoms with Crippen LogP contribution in [0.1, 0.15) is 12.8 Å². The second kappa shape index (κ2) is 4.52. The fourth-order valence-corrected chi connectivity index (χ4v) is 3.01. The summed E-state index contributed by atoms with van der Waals surface area (Å²) in [5, 5.41) is 3.25. The highest BCUT2D eigenvalue weighted by Crippen LogP contribution is 2.08. The number of nitrogens with one attached hydrogen (secondary N) is 2. The summed E-state index contributed by atoms with van der Waals surface area (Å²) in [6.07, 6.45) is 4.85. The fourth-order valence-electron chi connectivity index (χ4n) is 1.76. The molecule has 0 amide bonds. The third-order valence-electron chi connectivity index (χ3n) is 2.58. The molecule has 0 saturated carbocycles. The van der Waals surface area contributed by atoms with Crippen LogP contribution in [-0.4, -0.2) is 37.1 Å². The van der Waals surface area contributed by atoms with Gasteiger partial charge < -0.3 is 9.88 Å². The first-order chi connectivity index (χ1) is 7.58. The average molecular weight is 244 g/mol. The number of nitrogens with zero attached hydrogens (tertiary/aromatic N) is 2. The summed E-state index contributed by atoms with van der Waals surface area (Å²) < 4.78 is 28.1. The van der Waals surface area contributed by atoms with E-state index in [9.17, 15) is 8.42 Å². The van der Waals surface area contributed by atoms with Crippen LogP contribution in [0.4, 0.5) is 0 Å². The maximum Gasteiger partial charge on any atom is 0.259 e. The standard InChI is InChI=1S/C9H16N4O2S/c1-13-6-9(11-7-13)16(14,15)12-8-3-2-4-10-5-8/h6-8,10,12H,2-5H2,1H3/t8-/m0/s1. The molecule has 0 aromatic carbocycles. The minimum Gasteiger partial charge on any atom is -0.339 e. The number of hydrogen-bond donors (Lipinski definition) is 2. The Morgan fingerprint density at radius 2 is 2.44 bits per heavy atom. The van der Waals surface area contributed by atoms with Crippen molar-refractivity contribution in [2.75, 3.05) is 13.1 Å². The van der Waals surface area contributed by atoms with Crippen LogP contribution < -0.4 is 10.0 Å². The molecular formula is C9H16N4O2S. The summed E-state index contributed by atoms with van der Waals surface area (Å²) in [7, 11) is -1.72. The molecule has 1 aromatic rings. The topological polar surface area (TPSA) is 76.0 Å². The minimum absolute atomic E-state index is 0.0271. The SMILES string of the molecule is Cn1cnc(S(=O)(=O)N[C@H]2CCCNC2)c1. The van der Waals surface area contributed by atoms with Crippen molar-refractivity contribution in [1.29, 1.82) is 0 Å². The van der Waals surface area contributed by atoms with Crippen LogP contribution >= 0.6 is 0 Å². The van der Waals surface area contributed by atoms with E-state index in [4.69, 9.17) is 0 Å². The van der Waals surface area contributed by atoms with E-state index in [1.807, 2.05) is 0 Å². The number of sulfonamides is 1. The van der Waals surface area contributed by atoms with Crippen molar-refractivity contribution in [3.05, 3.63) is 12.5 Å². The molecule has 1 aliphatic heterocycles. The van der Waals surface area contributed by atoms with Gasteiger partial charge in [0.05, 0.1) is 6.33 Å². The van der Waals surface area contributed by atoms with Gasteiger partial charge in [0.25, 0.3) is 10.0 Å². The number of imidazole rings is 1. The zero-order valence-corrected chi connectivity index (χ0v) is 10.00. The average Bonchev–Trinajstić information content (AvgIpc) is 2.66. The van der Waals surface area contributed by atoms with Crippen LogP contribution in [0.15, 0.2) is 17.6 Å². The number of rotatable bonds is 3. The minimum atomic E-state index is -3.46. The summed E-state index contributed by atoms with van der Waals surface area (Å²) in [6.45, 7) is 1.65. The van der Waals surface area contributed by atoms with E-state index in [0.717, 1.165) is 19.4 Å². The zero-order valence-electron chi connectivity index (χ0n) is 9.18. The van der Waals surface area contributed by atoms with Crippen molar-refractivity contribution < 1.29 is 8.42 Å². The molecule has 6 nitrogen and oxygen atoms in total. The maximum atomic E-state index is 11.9. The summed E-state index contributed by atoms with van der Waals surface area (Å²) in [4.78, 5) is 3.85. The Balaban J connectivity index is 2.07. The Morgan fingerprint density at radius 3 is 3.00 bits per heavy atom. The molecule has 0 bridgehead atoms. The lowest BCUT2D eigenvalue weighted by Gasteiger charge is -2.22. The molecule has 7 heteroatoms. The van der Waals surface area contributed by atoms with Crippen LogP contribution in [0.25, 0.3) is 0 Å². The first-order valence-corrected chi connectivity index (χ1v) is 6.77. The third-order valence-corrected chi connectivity index (χ3v) is 3.98. The Bertz CT molecular complexity index is 448. The van der Waals surface area contributed by atoms with Crippen molar-refractivity contribution in [3.63, 3.8) is 0 Å². The van der Waals surface area contributed by atoms with Crippen LogP contribution in [0.3, 0.4) is 0 Å². The lowest BCUT2D eigenvalue weighted by Crippen LogP contribution is -2.45. The van der Waals surface area contributed by atoms with E-state index >= 15 is 0 Å². The number of hydrogen-bond acceptors (Lipinski definition) is 4. The van der Waals surface area contributed by atoms with Gasteiger partial charge in [0.2, 0.25) is 0 Å². The predicted octanol–water partition coefficient (Wildman–Crippen LogP) is -0.550. The lowest BCUT2D eigenvalue weighted by atomic mass is 10.1. The van der Waals surface area contributed by atoms with E-state index in [1.165, 1.54) is 12.5 Å². The van der Waals surface area contributed by atoms with E-state index in [0.29, 0.717) is 6.54 Å². The molecule has 2 rings (SSSR count). The second-order valence-electron chi connectivity index (χ2n) is 4.04. The van der Waals surface area contributed by atoms with E-state index in [-0.39, 0.29) is 11.1 Å². The van der Waals surface area contributed by atoms with Gasteiger partial charge in [-0.1, -0.05) is 0 Å². The molecule has 0 spiro atoms. The Labute approximate surface area is 95.1 Å². The summed E-state index contributed by atoms with van der Waals surface area (Å²) in [5.41, 5.74) is 0. The number of aryl methyl sites for hydroxylation is 1. The van der Waals surface area contributed by atoms with Crippen LogP contribution in [-0.2, 0) is 17.1 Å². The van der Waals surface area contributed by atoms with Crippen molar-refractivity contribution in [2.24, 2.45) is 7.05 Å². The molecule has 1 aromatic heterocycles. The summed E-state index contributed by atoms with van der Waals surface area (Å²) >= 11 is 0. The molecule has 1 fully saturated rings. The van der Waals surface area contributed by atoms with Gasteiger partial charge >= 0.3 is 0 Å². The zero-order chi connectivity index (χ0) is 11.6. The highest BCUT2D eigenvalue weighted by molar-refractivity contribution is 7.89. The molecule has 2 heterocycles. The number of aromatic nitrogens is 2. The summed E-state index contributed by atoms with van der Waals surface area (Å²) in [5.74, 6) is 0. The van der Waals surface area contributed by atoms with Gasteiger partial charge in [-0.2, -0.15) is 0 Å². The fraction of sp³-hybridized carbons (Fsp3) is 0.667. The Kier molecular flexibility index (Phi) is 3.27. The van der Waals surface area contributed by atoms with E-state index in [2.05, 4.69) is 15.0 Å². The predicted molar refractivity (Wildman–Crippen MR) is 59.4 cm³/mol. The van der Waals surface area contributed by atoms with Gasteiger partial charge in [-0.05, 0) is 19.4 Å². The first-order valence-electron chi connectivity index (χ1n) is 5.29. The Hall–Kier alpha value is -0.920. The normalized spacial score (nSPS) is 22.2. The molecule has 0 radical (unpaired) electrons. The largest absolute Gasteiger partial charge is 0.339 e. The first kappa shape index (κ1) is 11.6. The quantitative estimate of drug-likeness (QED) is 0.748. The maximum absolute atomic E-state index is 11.9. The van der Waals surface area contributed by atoms with Crippen molar-refractivity contribution in [2.45, 2.75) is 23.9 Å². The summed E-state index contributed by atoms with van der Waals surface area (Å²) in [6, 6.07) is -0.0271. The second-order valence-corrected chi connectivity index (χ2v) is 5.70. The van der Waals surface area contributed by atoms with Gasteiger partial charge in [0, 0.05) is 25.8 Å². The van der Waals surface area contributed by atoms with Crippen molar-refractivity contribution in [1.82, 2.24) is 19.6 Å².